The fourth-order valence-electron chi connectivity index (χ4n) is 1.76. The highest BCUT2D eigenvalue weighted by atomic mass is 35.5. The summed E-state index contributed by atoms with van der Waals surface area (Å²) in [5.41, 5.74) is -0.900. The van der Waals surface area contributed by atoms with Gasteiger partial charge in [-0.05, 0) is 25.5 Å². The Morgan fingerprint density at radius 2 is 2.26 bits per heavy atom. The summed E-state index contributed by atoms with van der Waals surface area (Å²) in [6.45, 7) is 1.81. The van der Waals surface area contributed by atoms with Crippen LogP contribution in [0.4, 0.5) is 4.39 Å². The first kappa shape index (κ1) is 15.9. The van der Waals surface area contributed by atoms with Crippen LogP contribution >= 0.6 is 11.6 Å². The molecule has 1 aromatic carbocycles. The molecule has 1 amide bonds. The largest absolute Gasteiger partial charge is 0.396 e. The van der Waals surface area contributed by atoms with E-state index >= 15 is 0 Å². The molecular weight excluding hydrogens is 273 g/mol. The molecule has 0 saturated carbocycles. The number of carbonyl (C=O) groups is 1. The Morgan fingerprint density at radius 1 is 1.58 bits per heavy atom. The fourth-order valence-corrected chi connectivity index (χ4v) is 1.93. The van der Waals surface area contributed by atoms with Crippen molar-refractivity contribution in [2.24, 2.45) is 0 Å². The zero-order valence-electron chi connectivity index (χ0n) is 10.9. The van der Waals surface area contributed by atoms with Gasteiger partial charge in [0.1, 0.15) is 0 Å². The van der Waals surface area contributed by atoms with Gasteiger partial charge in [-0.15, -0.1) is 0 Å². The Bertz CT molecular complexity index is 448. The molecule has 0 saturated heterocycles. The summed E-state index contributed by atoms with van der Waals surface area (Å²) < 4.78 is 18.7. The van der Waals surface area contributed by atoms with Crippen LogP contribution in [0.25, 0.3) is 0 Å². The molecule has 19 heavy (non-hydrogen) atoms. The highest BCUT2D eigenvalue weighted by Crippen LogP contribution is 2.19. The lowest BCUT2D eigenvalue weighted by Crippen LogP contribution is -2.50. The summed E-state index contributed by atoms with van der Waals surface area (Å²) in [5, 5.41) is 11.6. The van der Waals surface area contributed by atoms with E-state index in [4.69, 9.17) is 21.4 Å². The number of benzene rings is 1. The quantitative estimate of drug-likeness (QED) is 0.842. The van der Waals surface area contributed by atoms with Crippen LogP contribution in [0.15, 0.2) is 18.2 Å². The number of nitrogens with one attached hydrogen (secondary N) is 1. The van der Waals surface area contributed by atoms with E-state index in [1.54, 1.807) is 6.92 Å². The smallest absolute Gasteiger partial charge is 0.254 e. The summed E-state index contributed by atoms with van der Waals surface area (Å²) in [6.07, 6.45) is 0.300. The van der Waals surface area contributed by atoms with E-state index in [1.807, 2.05) is 0 Å². The molecule has 1 aromatic rings. The monoisotopic (exact) mass is 289 g/mol. The fraction of sp³-hybridized carbons (Fsp3) is 0.462. The van der Waals surface area contributed by atoms with Crippen molar-refractivity contribution in [2.45, 2.75) is 18.9 Å². The molecule has 0 radical (unpaired) electrons. The third kappa shape index (κ3) is 4.16. The SMILES string of the molecule is COCC(C)(CCO)NC(=O)c1cccc(Cl)c1F. The van der Waals surface area contributed by atoms with E-state index in [0.717, 1.165) is 0 Å². The predicted molar refractivity (Wildman–Crippen MR) is 70.9 cm³/mol. The summed E-state index contributed by atoms with van der Waals surface area (Å²) >= 11 is 5.63. The van der Waals surface area contributed by atoms with Gasteiger partial charge in [-0.3, -0.25) is 4.79 Å². The summed E-state index contributed by atoms with van der Waals surface area (Å²) in [4.78, 5) is 12.0. The number of methoxy groups -OCH3 is 1. The number of amides is 1. The topological polar surface area (TPSA) is 58.6 Å². The highest BCUT2D eigenvalue weighted by molar-refractivity contribution is 6.31. The lowest BCUT2D eigenvalue weighted by Gasteiger charge is -2.29. The normalized spacial score (nSPS) is 13.9. The van der Waals surface area contributed by atoms with E-state index in [9.17, 15) is 9.18 Å². The van der Waals surface area contributed by atoms with Crippen molar-refractivity contribution in [3.63, 3.8) is 0 Å². The molecule has 0 aliphatic rings. The van der Waals surface area contributed by atoms with Crippen LogP contribution in [0.2, 0.25) is 5.02 Å². The molecular formula is C13H17ClFNO3. The molecule has 106 valence electrons. The Labute approximate surface area is 116 Å². The Kier molecular flexibility index (Phi) is 5.72. The van der Waals surface area contributed by atoms with Crippen molar-refractivity contribution in [1.29, 1.82) is 0 Å². The van der Waals surface area contributed by atoms with Crippen LogP contribution in [-0.2, 0) is 4.74 Å². The minimum atomic E-state index is -0.769. The maximum absolute atomic E-state index is 13.7. The second kappa shape index (κ2) is 6.84. The van der Waals surface area contributed by atoms with Crippen molar-refractivity contribution >= 4 is 17.5 Å². The first-order valence-electron chi connectivity index (χ1n) is 5.80. The van der Waals surface area contributed by atoms with E-state index in [-0.39, 0.29) is 23.8 Å². The highest BCUT2D eigenvalue weighted by Gasteiger charge is 2.27. The molecule has 0 aromatic heterocycles. The summed E-state index contributed by atoms with van der Waals surface area (Å²) in [7, 11) is 1.49. The minimum absolute atomic E-state index is 0.108. The first-order chi connectivity index (χ1) is 8.93. The number of rotatable bonds is 6. The number of ether oxygens (including phenoxy) is 1. The van der Waals surface area contributed by atoms with Crippen LogP contribution in [0.3, 0.4) is 0 Å². The molecule has 0 bridgehead atoms. The number of halogens is 2. The third-order valence-corrected chi connectivity index (χ3v) is 3.03. The van der Waals surface area contributed by atoms with Gasteiger partial charge in [-0.1, -0.05) is 17.7 Å². The lowest BCUT2D eigenvalue weighted by atomic mass is 9.98. The van der Waals surface area contributed by atoms with Gasteiger partial charge in [0.15, 0.2) is 5.82 Å². The number of hydrogen-bond donors (Lipinski definition) is 2. The van der Waals surface area contributed by atoms with Crippen molar-refractivity contribution in [1.82, 2.24) is 5.32 Å². The van der Waals surface area contributed by atoms with Gasteiger partial charge in [-0.25, -0.2) is 4.39 Å². The Morgan fingerprint density at radius 3 is 2.84 bits per heavy atom. The predicted octanol–water partition coefficient (Wildman–Crippen LogP) is 2.00. The lowest BCUT2D eigenvalue weighted by molar-refractivity contribution is 0.0722. The third-order valence-electron chi connectivity index (χ3n) is 2.74. The molecule has 1 unspecified atom stereocenters. The summed E-state index contributed by atoms with van der Waals surface area (Å²) in [6, 6.07) is 4.22. The van der Waals surface area contributed by atoms with E-state index < -0.39 is 17.3 Å². The van der Waals surface area contributed by atoms with Crippen LogP contribution in [0, 0.1) is 5.82 Å². The Hall–Kier alpha value is -1.17. The standard InChI is InChI=1S/C13H17ClFNO3/c1-13(6-7-17,8-19-2)16-12(18)9-4-3-5-10(14)11(9)15/h3-5,17H,6-8H2,1-2H3,(H,16,18). The average molecular weight is 290 g/mol. The van der Waals surface area contributed by atoms with Crippen LogP contribution in [-0.4, -0.2) is 36.9 Å². The average Bonchev–Trinajstić information content (AvgIpc) is 2.32. The van der Waals surface area contributed by atoms with Crippen LogP contribution in [0.1, 0.15) is 23.7 Å². The van der Waals surface area contributed by atoms with Gasteiger partial charge >= 0.3 is 0 Å². The second-order valence-corrected chi connectivity index (χ2v) is 4.93. The molecule has 0 heterocycles. The number of aliphatic hydroxyl groups excluding tert-OH is 1. The van der Waals surface area contributed by atoms with Crippen molar-refractivity contribution in [3.05, 3.63) is 34.6 Å². The molecule has 1 rings (SSSR count). The van der Waals surface area contributed by atoms with Crippen LogP contribution < -0.4 is 5.32 Å². The van der Waals surface area contributed by atoms with Crippen molar-refractivity contribution < 1.29 is 19.0 Å². The zero-order valence-corrected chi connectivity index (χ0v) is 11.6. The van der Waals surface area contributed by atoms with Crippen molar-refractivity contribution in [2.75, 3.05) is 20.3 Å². The number of carbonyl (C=O) groups excluding carboxylic acids is 1. The zero-order chi connectivity index (χ0) is 14.5. The van der Waals surface area contributed by atoms with E-state index in [0.29, 0.717) is 6.42 Å². The Balaban J connectivity index is 2.91. The molecule has 2 N–H and O–H groups in total. The van der Waals surface area contributed by atoms with Gasteiger partial charge in [-0.2, -0.15) is 0 Å². The van der Waals surface area contributed by atoms with E-state index in [2.05, 4.69) is 5.32 Å². The molecule has 4 nitrogen and oxygen atoms in total. The van der Waals surface area contributed by atoms with Gasteiger partial charge in [0, 0.05) is 13.7 Å². The van der Waals surface area contributed by atoms with Gasteiger partial charge in [0.25, 0.3) is 5.91 Å². The van der Waals surface area contributed by atoms with Crippen molar-refractivity contribution in [3.8, 4) is 0 Å². The van der Waals surface area contributed by atoms with Gasteiger partial charge in [0.2, 0.25) is 0 Å². The van der Waals surface area contributed by atoms with Gasteiger partial charge < -0.3 is 15.2 Å². The number of hydrogen-bond acceptors (Lipinski definition) is 3. The molecule has 0 spiro atoms. The molecule has 0 fully saturated rings. The van der Waals surface area contributed by atoms with Crippen LogP contribution in [0.5, 0.6) is 0 Å². The summed E-state index contributed by atoms with van der Waals surface area (Å²) in [5.74, 6) is -1.35. The maximum atomic E-state index is 13.7. The molecule has 0 aliphatic carbocycles. The second-order valence-electron chi connectivity index (χ2n) is 4.52. The maximum Gasteiger partial charge on any atom is 0.254 e. The molecule has 6 heteroatoms. The van der Waals surface area contributed by atoms with E-state index in [1.165, 1.54) is 25.3 Å². The molecule has 0 aliphatic heterocycles. The van der Waals surface area contributed by atoms with Gasteiger partial charge in [0.05, 0.1) is 22.7 Å². The minimum Gasteiger partial charge on any atom is -0.396 e. The molecule has 1 atom stereocenters. The first-order valence-corrected chi connectivity index (χ1v) is 6.17. The number of aliphatic hydroxyl groups is 1.